The fourth-order valence-corrected chi connectivity index (χ4v) is 2.70. The van der Waals surface area contributed by atoms with Crippen LogP contribution in [-0.4, -0.2) is 0 Å². The lowest BCUT2D eigenvalue weighted by Gasteiger charge is -2.23. The van der Waals surface area contributed by atoms with Gasteiger partial charge in [-0.25, -0.2) is 8.78 Å². The number of rotatable bonds is 4. The number of hydrogen-bond acceptors (Lipinski definition) is 1. The molecule has 0 aliphatic carbocycles. The van der Waals surface area contributed by atoms with Gasteiger partial charge in [-0.05, 0) is 51.0 Å². The van der Waals surface area contributed by atoms with Crippen molar-refractivity contribution >= 4 is 0 Å². The topological polar surface area (TPSA) is 12.0 Å². The Kier molecular flexibility index (Phi) is 4.73. The molecule has 0 heterocycles. The summed E-state index contributed by atoms with van der Waals surface area (Å²) in [7, 11) is 0. The number of benzene rings is 2. The Bertz CT molecular complexity index is 617. The van der Waals surface area contributed by atoms with Crippen molar-refractivity contribution in [3.8, 4) is 0 Å². The fraction of sp³-hybridized carbons (Fsp3) is 0.333. The van der Waals surface area contributed by atoms with Crippen LogP contribution >= 0.6 is 0 Å². The second-order valence-electron chi connectivity index (χ2n) is 5.61. The highest BCUT2D eigenvalue weighted by atomic mass is 19.1. The van der Waals surface area contributed by atoms with Crippen molar-refractivity contribution in [3.05, 3.63) is 70.3 Å². The molecule has 0 aromatic heterocycles. The maximum absolute atomic E-state index is 13.8. The molecule has 0 spiro atoms. The molecule has 2 aromatic carbocycles. The summed E-state index contributed by atoms with van der Waals surface area (Å²) in [6.45, 7) is 7.87. The molecule has 0 aliphatic rings. The minimum absolute atomic E-state index is 0.0129. The van der Waals surface area contributed by atoms with E-state index in [-0.39, 0.29) is 11.6 Å². The fourth-order valence-electron chi connectivity index (χ4n) is 2.70. The maximum atomic E-state index is 13.8. The summed E-state index contributed by atoms with van der Waals surface area (Å²) in [6, 6.07) is 9.81. The molecule has 2 aromatic rings. The van der Waals surface area contributed by atoms with Crippen molar-refractivity contribution in [2.45, 2.75) is 39.8 Å². The standard InChI is InChI=1S/C18H21F2N/c1-11-8-9-12(2)15(10-11)13(3)21-14(4)18-16(19)6-5-7-17(18)20/h5-10,13-14,21H,1-4H3. The molecule has 2 rings (SSSR count). The van der Waals surface area contributed by atoms with Gasteiger partial charge in [-0.1, -0.05) is 29.8 Å². The van der Waals surface area contributed by atoms with Crippen LogP contribution in [0.1, 0.15) is 48.2 Å². The van der Waals surface area contributed by atoms with Crippen LogP contribution in [0.4, 0.5) is 8.78 Å². The van der Waals surface area contributed by atoms with Crippen molar-refractivity contribution in [1.29, 1.82) is 0 Å². The van der Waals surface area contributed by atoms with E-state index in [1.807, 2.05) is 20.8 Å². The summed E-state index contributed by atoms with van der Waals surface area (Å²) in [5.74, 6) is -1.02. The van der Waals surface area contributed by atoms with Gasteiger partial charge in [0, 0.05) is 17.6 Å². The van der Waals surface area contributed by atoms with E-state index >= 15 is 0 Å². The summed E-state index contributed by atoms with van der Waals surface area (Å²) < 4.78 is 27.6. The first-order chi connectivity index (χ1) is 9.90. The van der Waals surface area contributed by atoms with Crippen LogP contribution in [0, 0.1) is 25.5 Å². The molecule has 1 nitrogen and oxygen atoms in total. The molecule has 0 bridgehead atoms. The SMILES string of the molecule is Cc1ccc(C)c(C(C)NC(C)c2c(F)cccc2F)c1. The Labute approximate surface area is 125 Å². The quantitative estimate of drug-likeness (QED) is 0.835. The second-order valence-corrected chi connectivity index (χ2v) is 5.61. The monoisotopic (exact) mass is 289 g/mol. The van der Waals surface area contributed by atoms with Crippen molar-refractivity contribution in [1.82, 2.24) is 5.32 Å². The van der Waals surface area contributed by atoms with Gasteiger partial charge in [0.1, 0.15) is 11.6 Å². The molecular weight excluding hydrogens is 268 g/mol. The van der Waals surface area contributed by atoms with Gasteiger partial charge in [0.05, 0.1) is 0 Å². The van der Waals surface area contributed by atoms with Gasteiger partial charge in [0.25, 0.3) is 0 Å². The van der Waals surface area contributed by atoms with E-state index < -0.39 is 17.7 Å². The molecule has 1 N–H and O–H groups in total. The zero-order valence-corrected chi connectivity index (χ0v) is 12.9. The highest BCUT2D eigenvalue weighted by molar-refractivity contribution is 5.33. The first kappa shape index (κ1) is 15.6. The van der Waals surface area contributed by atoms with E-state index in [0.717, 1.165) is 5.56 Å². The number of aryl methyl sites for hydroxylation is 2. The lowest BCUT2D eigenvalue weighted by molar-refractivity contribution is 0.449. The molecular formula is C18H21F2N. The molecule has 2 unspecified atom stereocenters. The zero-order chi connectivity index (χ0) is 15.6. The van der Waals surface area contributed by atoms with E-state index in [4.69, 9.17) is 0 Å². The average molecular weight is 289 g/mol. The molecule has 3 heteroatoms. The van der Waals surface area contributed by atoms with Crippen LogP contribution in [0.15, 0.2) is 36.4 Å². The third kappa shape index (κ3) is 3.48. The van der Waals surface area contributed by atoms with Crippen molar-refractivity contribution in [3.63, 3.8) is 0 Å². The Morgan fingerprint density at radius 2 is 1.52 bits per heavy atom. The van der Waals surface area contributed by atoms with E-state index in [0.29, 0.717) is 0 Å². The molecule has 0 fully saturated rings. The number of halogens is 2. The van der Waals surface area contributed by atoms with E-state index in [9.17, 15) is 8.78 Å². The van der Waals surface area contributed by atoms with Gasteiger partial charge in [-0.2, -0.15) is 0 Å². The van der Waals surface area contributed by atoms with Crippen molar-refractivity contribution in [2.24, 2.45) is 0 Å². The van der Waals surface area contributed by atoms with E-state index in [1.165, 1.54) is 29.3 Å². The van der Waals surface area contributed by atoms with Crippen molar-refractivity contribution < 1.29 is 8.78 Å². The summed E-state index contributed by atoms with van der Waals surface area (Å²) in [5.41, 5.74) is 3.59. The maximum Gasteiger partial charge on any atom is 0.130 e. The lowest BCUT2D eigenvalue weighted by atomic mass is 9.98. The zero-order valence-electron chi connectivity index (χ0n) is 12.9. The molecule has 0 aliphatic heterocycles. The summed E-state index contributed by atoms with van der Waals surface area (Å²) >= 11 is 0. The molecule has 21 heavy (non-hydrogen) atoms. The van der Waals surface area contributed by atoms with Crippen LogP contribution in [0.2, 0.25) is 0 Å². The van der Waals surface area contributed by atoms with Gasteiger partial charge in [0.15, 0.2) is 0 Å². The van der Waals surface area contributed by atoms with Gasteiger partial charge in [0.2, 0.25) is 0 Å². The lowest BCUT2D eigenvalue weighted by Crippen LogP contribution is -2.24. The Morgan fingerprint density at radius 3 is 2.14 bits per heavy atom. The predicted molar refractivity (Wildman–Crippen MR) is 82.2 cm³/mol. The van der Waals surface area contributed by atoms with E-state index in [2.05, 4.69) is 23.5 Å². The number of nitrogens with one attached hydrogen (secondary N) is 1. The molecule has 2 atom stereocenters. The Balaban J connectivity index is 2.23. The first-order valence-corrected chi connectivity index (χ1v) is 7.17. The predicted octanol–water partition coefficient (Wildman–Crippen LogP) is 4.99. The van der Waals surface area contributed by atoms with Gasteiger partial charge < -0.3 is 5.32 Å². The van der Waals surface area contributed by atoms with Crippen LogP contribution in [-0.2, 0) is 0 Å². The van der Waals surface area contributed by atoms with Gasteiger partial charge in [-0.3, -0.25) is 0 Å². The molecule has 0 radical (unpaired) electrons. The minimum Gasteiger partial charge on any atom is -0.303 e. The first-order valence-electron chi connectivity index (χ1n) is 7.17. The second kappa shape index (κ2) is 6.35. The van der Waals surface area contributed by atoms with Gasteiger partial charge >= 0.3 is 0 Å². The Hall–Kier alpha value is -1.74. The third-order valence-corrected chi connectivity index (χ3v) is 3.83. The highest BCUT2D eigenvalue weighted by Gasteiger charge is 2.19. The number of hydrogen-bond donors (Lipinski definition) is 1. The molecule has 112 valence electrons. The molecule has 0 amide bonds. The highest BCUT2D eigenvalue weighted by Crippen LogP contribution is 2.25. The summed E-state index contributed by atoms with van der Waals surface area (Å²) in [6.07, 6.45) is 0. The average Bonchev–Trinajstić information content (AvgIpc) is 2.41. The molecule has 0 saturated carbocycles. The van der Waals surface area contributed by atoms with Gasteiger partial charge in [-0.15, -0.1) is 0 Å². The largest absolute Gasteiger partial charge is 0.303 e. The summed E-state index contributed by atoms with van der Waals surface area (Å²) in [5, 5.41) is 3.28. The minimum atomic E-state index is -0.511. The van der Waals surface area contributed by atoms with Crippen LogP contribution in [0.3, 0.4) is 0 Å². The normalized spacial score (nSPS) is 14.0. The van der Waals surface area contributed by atoms with Crippen molar-refractivity contribution in [2.75, 3.05) is 0 Å². The Morgan fingerprint density at radius 1 is 0.905 bits per heavy atom. The summed E-state index contributed by atoms with van der Waals surface area (Å²) in [4.78, 5) is 0. The van der Waals surface area contributed by atoms with Crippen LogP contribution in [0.25, 0.3) is 0 Å². The smallest absolute Gasteiger partial charge is 0.130 e. The third-order valence-electron chi connectivity index (χ3n) is 3.83. The molecule has 0 saturated heterocycles. The van der Waals surface area contributed by atoms with Crippen LogP contribution < -0.4 is 5.32 Å². The van der Waals surface area contributed by atoms with Crippen LogP contribution in [0.5, 0.6) is 0 Å². The van der Waals surface area contributed by atoms with E-state index in [1.54, 1.807) is 6.92 Å².